The van der Waals surface area contributed by atoms with Gasteiger partial charge in [0.05, 0.1) is 22.9 Å². The quantitative estimate of drug-likeness (QED) is 0.278. The summed E-state index contributed by atoms with van der Waals surface area (Å²) in [6.45, 7) is 2.77. The molecule has 1 aliphatic carbocycles. The lowest BCUT2D eigenvalue weighted by atomic mass is 9.80. The van der Waals surface area contributed by atoms with Crippen molar-refractivity contribution in [1.82, 2.24) is 25.2 Å². The van der Waals surface area contributed by atoms with Crippen LogP contribution in [-0.2, 0) is 0 Å². The van der Waals surface area contributed by atoms with Crippen LogP contribution in [0.25, 0.3) is 43.8 Å². The highest BCUT2D eigenvalue weighted by Gasteiger charge is 2.48. The summed E-state index contributed by atoms with van der Waals surface area (Å²) >= 11 is 6.95. The SMILES string of the molecule is Oc1cc(-c2c(Cl)cc3c(nc(N4C5CCC4CNC5)c4ncn([C@H]5[C@H]6CN[C@@H]5C6)c43)c2F)c2ccccc2c1. The molecule has 202 valence electrons. The largest absolute Gasteiger partial charge is 0.508 e. The minimum atomic E-state index is -0.466. The normalized spacial score (nSPS) is 27.2. The highest BCUT2D eigenvalue weighted by atomic mass is 35.5. The number of fused-ring (bicyclic) bond motifs is 7. The van der Waals surface area contributed by atoms with Crippen molar-refractivity contribution in [2.45, 2.75) is 43.4 Å². The zero-order valence-corrected chi connectivity index (χ0v) is 22.5. The van der Waals surface area contributed by atoms with E-state index >= 15 is 4.39 Å². The number of rotatable bonds is 3. The minimum Gasteiger partial charge on any atom is -0.508 e. The van der Waals surface area contributed by atoms with Crippen molar-refractivity contribution in [3.8, 4) is 16.9 Å². The van der Waals surface area contributed by atoms with Crippen LogP contribution >= 0.6 is 11.6 Å². The Morgan fingerprint density at radius 1 is 1.00 bits per heavy atom. The van der Waals surface area contributed by atoms with E-state index in [-0.39, 0.29) is 11.3 Å². The van der Waals surface area contributed by atoms with E-state index in [4.69, 9.17) is 21.6 Å². The number of halogens is 2. The topological polar surface area (TPSA) is 78.2 Å². The van der Waals surface area contributed by atoms with E-state index in [1.54, 1.807) is 12.1 Å². The van der Waals surface area contributed by atoms with Crippen molar-refractivity contribution in [3.05, 3.63) is 59.6 Å². The molecule has 4 bridgehead atoms. The van der Waals surface area contributed by atoms with Gasteiger partial charge in [0.25, 0.3) is 0 Å². The summed E-state index contributed by atoms with van der Waals surface area (Å²) in [5, 5.41) is 20.3. The van der Waals surface area contributed by atoms with Gasteiger partial charge in [0.2, 0.25) is 0 Å². The van der Waals surface area contributed by atoms with Gasteiger partial charge in [-0.05, 0) is 59.7 Å². The highest BCUT2D eigenvalue weighted by Crippen LogP contribution is 2.48. The number of piperazine rings is 1. The first kappa shape index (κ1) is 23.3. The Bertz CT molecular complexity index is 1840. The third-order valence-electron chi connectivity index (χ3n) is 9.83. The Balaban J connectivity index is 1.36. The van der Waals surface area contributed by atoms with Crippen molar-refractivity contribution >= 4 is 50.1 Å². The number of aromatic nitrogens is 3. The van der Waals surface area contributed by atoms with Gasteiger partial charge in [0, 0.05) is 48.7 Å². The number of imidazole rings is 1. The molecule has 9 heteroatoms. The van der Waals surface area contributed by atoms with Crippen molar-refractivity contribution in [1.29, 1.82) is 0 Å². The van der Waals surface area contributed by atoms with Gasteiger partial charge < -0.3 is 25.2 Å². The Kier molecular flexibility index (Phi) is 4.82. The third-order valence-corrected chi connectivity index (χ3v) is 10.1. The predicted molar refractivity (Wildman–Crippen MR) is 156 cm³/mol. The molecule has 40 heavy (non-hydrogen) atoms. The Morgan fingerprint density at radius 2 is 1.82 bits per heavy atom. The number of aromatic hydroxyl groups is 1. The van der Waals surface area contributed by atoms with Crippen LogP contribution < -0.4 is 15.5 Å². The van der Waals surface area contributed by atoms with Gasteiger partial charge in [-0.1, -0.05) is 35.9 Å². The summed E-state index contributed by atoms with van der Waals surface area (Å²) in [5.41, 5.74) is 2.85. The molecular formula is C31H28ClFN6O. The summed E-state index contributed by atoms with van der Waals surface area (Å²) in [6.07, 6.45) is 5.25. The van der Waals surface area contributed by atoms with E-state index in [2.05, 4.69) is 20.1 Å². The third kappa shape index (κ3) is 3.07. The van der Waals surface area contributed by atoms with Gasteiger partial charge in [-0.15, -0.1) is 0 Å². The first-order valence-corrected chi connectivity index (χ1v) is 14.6. The van der Waals surface area contributed by atoms with Crippen LogP contribution in [0.5, 0.6) is 5.75 Å². The first-order valence-electron chi connectivity index (χ1n) is 14.2. The number of anilines is 1. The number of phenols is 1. The fourth-order valence-electron chi connectivity index (χ4n) is 8.00. The van der Waals surface area contributed by atoms with E-state index < -0.39 is 5.82 Å². The second-order valence-electron chi connectivity index (χ2n) is 11.9. The monoisotopic (exact) mass is 554 g/mol. The Morgan fingerprint density at radius 3 is 2.60 bits per heavy atom. The number of pyridine rings is 1. The van der Waals surface area contributed by atoms with Crippen LogP contribution in [0.15, 0.2) is 48.8 Å². The van der Waals surface area contributed by atoms with Crippen molar-refractivity contribution in [2.75, 3.05) is 24.5 Å². The molecule has 0 spiro atoms. The molecular weight excluding hydrogens is 527 g/mol. The van der Waals surface area contributed by atoms with Gasteiger partial charge in [-0.3, -0.25) is 0 Å². The number of nitrogens with one attached hydrogen (secondary N) is 2. The van der Waals surface area contributed by atoms with Crippen LogP contribution in [0.2, 0.25) is 5.02 Å². The van der Waals surface area contributed by atoms with Gasteiger partial charge in [-0.2, -0.15) is 0 Å². The molecule has 5 aromatic rings. The summed E-state index contributed by atoms with van der Waals surface area (Å²) in [5.74, 6) is 0.911. The number of nitrogens with zero attached hydrogens (tertiary/aromatic N) is 4. The van der Waals surface area contributed by atoms with Crippen LogP contribution in [0.4, 0.5) is 10.2 Å². The number of hydrogen-bond donors (Lipinski definition) is 3. The molecule has 5 fully saturated rings. The molecule has 5 aliphatic rings. The van der Waals surface area contributed by atoms with E-state index in [9.17, 15) is 5.11 Å². The maximum absolute atomic E-state index is 17.0. The van der Waals surface area contributed by atoms with Gasteiger partial charge >= 0.3 is 0 Å². The van der Waals surface area contributed by atoms with Crippen LogP contribution in [-0.4, -0.2) is 57.4 Å². The van der Waals surface area contributed by atoms with Crippen molar-refractivity contribution in [2.24, 2.45) is 5.92 Å². The van der Waals surface area contributed by atoms with Gasteiger partial charge in [0.15, 0.2) is 11.6 Å². The van der Waals surface area contributed by atoms with Crippen LogP contribution in [0.3, 0.4) is 0 Å². The lowest BCUT2D eigenvalue weighted by molar-refractivity contribution is 0.225. The molecule has 1 saturated carbocycles. The molecule has 0 radical (unpaired) electrons. The highest BCUT2D eigenvalue weighted by molar-refractivity contribution is 6.35. The molecule has 0 amide bonds. The fourth-order valence-corrected chi connectivity index (χ4v) is 8.29. The van der Waals surface area contributed by atoms with Crippen molar-refractivity contribution in [3.63, 3.8) is 0 Å². The average molecular weight is 555 g/mol. The minimum absolute atomic E-state index is 0.0665. The summed E-state index contributed by atoms with van der Waals surface area (Å²) in [4.78, 5) is 12.4. The lowest BCUT2D eigenvalue weighted by Gasteiger charge is -2.37. The zero-order valence-electron chi connectivity index (χ0n) is 21.7. The van der Waals surface area contributed by atoms with Gasteiger partial charge in [-0.25, -0.2) is 14.4 Å². The maximum atomic E-state index is 17.0. The molecule has 10 rings (SSSR count). The molecule has 2 aromatic heterocycles. The summed E-state index contributed by atoms with van der Waals surface area (Å²) < 4.78 is 19.2. The zero-order chi connectivity index (χ0) is 26.7. The lowest BCUT2D eigenvalue weighted by Crippen LogP contribution is -2.52. The first-order chi connectivity index (χ1) is 19.6. The molecule has 4 aliphatic heterocycles. The fraction of sp³-hybridized carbons (Fsp3) is 0.355. The molecule has 4 saturated heterocycles. The van der Waals surface area contributed by atoms with E-state index in [1.165, 1.54) is 0 Å². The smallest absolute Gasteiger partial charge is 0.158 e. The van der Waals surface area contributed by atoms with Crippen LogP contribution in [0.1, 0.15) is 25.3 Å². The molecule has 5 atom stereocenters. The molecule has 7 nitrogen and oxygen atoms in total. The average Bonchev–Trinajstić information content (AvgIpc) is 3.73. The number of benzene rings is 3. The Hall–Kier alpha value is -3.46. The Labute approximate surface area is 235 Å². The standard InChI is InChI=1S/C31H28ClFN6O/c32-23-10-22-27(26(33)25(23)21-9-19(40)7-15-3-1-2-4-20(15)21)37-31(39-17-5-6-18(39)13-34-12-17)28-30(22)38(14-36-28)29-16-8-24(29)35-11-16/h1-4,7,9-10,14,16-18,24,29,34-35,40H,5-6,8,11-13H2/t16-,17?,18?,24-,29+/m1/s1. The van der Waals surface area contributed by atoms with E-state index in [1.807, 2.05) is 36.7 Å². The number of hydrogen-bond acceptors (Lipinski definition) is 6. The van der Waals surface area contributed by atoms with E-state index in [0.29, 0.717) is 51.6 Å². The molecule has 2 unspecified atom stereocenters. The van der Waals surface area contributed by atoms with E-state index in [0.717, 1.165) is 66.5 Å². The second-order valence-corrected chi connectivity index (χ2v) is 12.3. The summed E-state index contributed by atoms with van der Waals surface area (Å²) in [6, 6.07) is 14.1. The second kappa shape index (κ2) is 8.28. The predicted octanol–water partition coefficient (Wildman–Crippen LogP) is 5.38. The molecule has 3 N–H and O–H groups in total. The molecule has 6 heterocycles. The van der Waals surface area contributed by atoms with Gasteiger partial charge in [0.1, 0.15) is 16.8 Å². The molecule has 3 aromatic carbocycles. The van der Waals surface area contributed by atoms with Crippen molar-refractivity contribution < 1.29 is 9.50 Å². The maximum Gasteiger partial charge on any atom is 0.158 e. The summed E-state index contributed by atoms with van der Waals surface area (Å²) in [7, 11) is 0. The van der Waals surface area contributed by atoms with Crippen LogP contribution in [0, 0.1) is 11.7 Å². The number of phenolic OH excluding ortho intramolecular Hbond substituents is 1.